The molecule has 0 aliphatic carbocycles. The number of carbonyl (C=O) groups is 2. The second kappa shape index (κ2) is 9.56. The Kier molecular flexibility index (Phi) is 7.14. The van der Waals surface area contributed by atoms with Crippen molar-refractivity contribution < 1.29 is 18.7 Å². The van der Waals surface area contributed by atoms with Crippen molar-refractivity contribution >= 4 is 17.5 Å². The molecule has 0 heterocycles. The van der Waals surface area contributed by atoms with Crippen LogP contribution in [0, 0.1) is 11.7 Å². The van der Waals surface area contributed by atoms with Crippen molar-refractivity contribution in [3.63, 3.8) is 0 Å². The lowest BCUT2D eigenvalue weighted by Gasteiger charge is -2.12. The average Bonchev–Trinajstić information content (AvgIpc) is 2.62. The number of hydrogen-bond donors (Lipinski definition) is 2. The Bertz CT molecular complexity index is 762. The summed E-state index contributed by atoms with van der Waals surface area (Å²) in [6.45, 7) is 4.40. The maximum absolute atomic E-state index is 13.5. The summed E-state index contributed by atoms with van der Waals surface area (Å²) in [5.41, 5.74) is 0.441. The molecule has 2 aromatic rings. The number of anilines is 1. The van der Waals surface area contributed by atoms with Crippen LogP contribution >= 0.6 is 0 Å². The van der Waals surface area contributed by atoms with Crippen LogP contribution in [0.25, 0.3) is 0 Å². The average molecular weight is 358 g/mol. The first-order valence-electron chi connectivity index (χ1n) is 8.51. The Labute approximate surface area is 152 Å². The maximum atomic E-state index is 13.5. The highest BCUT2D eigenvalue weighted by Crippen LogP contribution is 2.18. The summed E-state index contributed by atoms with van der Waals surface area (Å²) in [5.74, 6) is -0.492. The normalized spacial score (nSPS) is 10.5. The summed E-state index contributed by atoms with van der Waals surface area (Å²) in [5, 5.41) is 5.27. The monoisotopic (exact) mass is 358 g/mol. The highest BCUT2D eigenvalue weighted by atomic mass is 19.1. The van der Waals surface area contributed by atoms with Gasteiger partial charge in [0.15, 0.2) is 6.61 Å². The molecule has 2 rings (SSSR count). The molecule has 6 heteroatoms. The summed E-state index contributed by atoms with van der Waals surface area (Å²) in [4.78, 5) is 24.2. The van der Waals surface area contributed by atoms with Crippen molar-refractivity contribution in [3.8, 4) is 5.75 Å². The first-order chi connectivity index (χ1) is 12.5. The summed E-state index contributed by atoms with van der Waals surface area (Å²) in [6.07, 6.45) is 0.875. The fraction of sp³-hybridized carbons (Fsp3) is 0.300. The predicted molar refractivity (Wildman–Crippen MR) is 98.8 cm³/mol. The van der Waals surface area contributed by atoms with E-state index in [1.165, 1.54) is 18.2 Å². The number of amides is 2. The second-order valence-corrected chi connectivity index (χ2v) is 6.25. The lowest BCUT2D eigenvalue weighted by Crippen LogP contribution is -2.26. The molecule has 26 heavy (non-hydrogen) atoms. The number of rotatable bonds is 8. The highest BCUT2D eigenvalue weighted by Gasteiger charge is 2.14. The van der Waals surface area contributed by atoms with Crippen molar-refractivity contribution in [2.45, 2.75) is 20.3 Å². The van der Waals surface area contributed by atoms with E-state index in [2.05, 4.69) is 24.5 Å². The van der Waals surface area contributed by atoms with Gasteiger partial charge in [0.05, 0.1) is 11.3 Å². The molecule has 2 N–H and O–H groups in total. The van der Waals surface area contributed by atoms with Gasteiger partial charge in [0.25, 0.3) is 11.8 Å². The van der Waals surface area contributed by atoms with Crippen LogP contribution in [-0.4, -0.2) is 25.0 Å². The standard InChI is InChI=1S/C20H23FN2O3/c1-14(2)11-12-22-20(25)15-7-3-6-10-18(15)26-13-19(24)23-17-9-5-4-8-16(17)21/h3-10,14H,11-13H2,1-2H3,(H,22,25)(H,23,24). The molecule has 0 radical (unpaired) electrons. The molecule has 0 saturated carbocycles. The van der Waals surface area contributed by atoms with Gasteiger partial charge in [0.1, 0.15) is 11.6 Å². The highest BCUT2D eigenvalue weighted by molar-refractivity contribution is 5.97. The van der Waals surface area contributed by atoms with Gasteiger partial charge in [-0.2, -0.15) is 0 Å². The zero-order valence-electron chi connectivity index (χ0n) is 14.9. The Morgan fingerprint density at radius 2 is 1.77 bits per heavy atom. The number of carbonyl (C=O) groups excluding carboxylic acids is 2. The third-order valence-corrected chi connectivity index (χ3v) is 3.65. The van der Waals surface area contributed by atoms with Crippen molar-refractivity contribution in [1.29, 1.82) is 0 Å². The molecule has 0 fully saturated rings. The van der Waals surface area contributed by atoms with E-state index in [1.54, 1.807) is 30.3 Å². The minimum absolute atomic E-state index is 0.0841. The number of nitrogens with one attached hydrogen (secondary N) is 2. The molecule has 0 aliphatic rings. The Hall–Kier alpha value is -2.89. The molecule has 2 amide bonds. The largest absolute Gasteiger partial charge is 0.483 e. The summed E-state index contributed by atoms with van der Waals surface area (Å²) in [7, 11) is 0. The van der Waals surface area contributed by atoms with Gasteiger partial charge in [-0.25, -0.2) is 4.39 Å². The van der Waals surface area contributed by atoms with Crippen LogP contribution in [0.3, 0.4) is 0 Å². The van der Waals surface area contributed by atoms with E-state index in [0.29, 0.717) is 23.8 Å². The Balaban J connectivity index is 1.94. The van der Waals surface area contributed by atoms with Gasteiger partial charge in [-0.15, -0.1) is 0 Å². The molecule has 2 aromatic carbocycles. The van der Waals surface area contributed by atoms with Crippen molar-refractivity contribution in [3.05, 3.63) is 59.9 Å². The van der Waals surface area contributed by atoms with E-state index in [4.69, 9.17) is 4.74 Å². The minimum atomic E-state index is -0.522. The van der Waals surface area contributed by atoms with Gasteiger partial charge in [0, 0.05) is 6.54 Å². The topological polar surface area (TPSA) is 67.4 Å². The maximum Gasteiger partial charge on any atom is 0.262 e. The Morgan fingerprint density at radius 3 is 2.50 bits per heavy atom. The zero-order valence-corrected chi connectivity index (χ0v) is 14.9. The number of ether oxygens (including phenoxy) is 1. The number of hydrogen-bond acceptors (Lipinski definition) is 3. The molecule has 0 unspecified atom stereocenters. The lowest BCUT2D eigenvalue weighted by molar-refractivity contribution is -0.118. The number of benzene rings is 2. The number of para-hydroxylation sites is 2. The van der Waals surface area contributed by atoms with E-state index in [-0.39, 0.29) is 18.2 Å². The van der Waals surface area contributed by atoms with E-state index in [0.717, 1.165) is 6.42 Å². The third kappa shape index (κ3) is 5.88. The van der Waals surface area contributed by atoms with Crippen molar-refractivity contribution in [2.24, 2.45) is 5.92 Å². The van der Waals surface area contributed by atoms with Crippen LogP contribution in [0.1, 0.15) is 30.6 Å². The molecule has 0 bridgehead atoms. The molecule has 0 atom stereocenters. The van der Waals surface area contributed by atoms with Crippen LogP contribution in [0.2, 0.25) is 0 Å². The van der Waals surface area contributed by atoms with Crippen LogP contribution in [0.5, 0.6) is 5.75 Å². The predicted octanol–water partition coefficient (Wildman–Crippen LogP) is 3.62. The van der Waals surface area contributed by atoms with Gasteiger partial charge in [-0.1, -0.05) is 38.1 Å². The SMILES string of the molecule is CC(C)CCNC(=O)c1ccccc1OCC(=O)Nc1ccccc1F. The molecular formula is C20H23FN2O3. The molecular weight excluding hydrogens is 335 g/mol. The molecule has 0 spiro atoms. The molecule has 0 aromatic heterocycles. The summed E-state index contributed by atoms with van der Waals surface area (Å²) >= 11 is 0. The van der Waals surface area contributed by atoms with Crippen LogP contribution in [0.4, 0.5) is 10.1 Å². The fourth-order valence-corrected chi connectivity index (χ4v) is 2.24. The lowest BCUT2D eigenvalue weighted by atomic mass is 10.1. The van der Waals surface area contributed by atoms with Crippen LogP contribution in [0.15, 0.2) is 48.5 Å². The molecule has 138 valence electrons. The second-order valence-electron chi connectivity index (χ2n) is 6.25. The quantitative estimate of drug-likeness (QED) is 0.757. The smallest absolute Gasteiger partial charge is 0.262 e. The van der Waals surface area contributed by atoms with E-state index < -0.39 is 11.7 Å². The third-order valence-electron chi connectivity index (χ3n) is 3.65. The van der Waals surface area contributed by atoms with Crippen molar-refractivity contribution in [1.82, 2.24) is 5.32 Å². The first-order valence-corrected chi connectivity index (χ1v) is 8.51. The van der Waals surface area contributed by atoms with E-state index >= 15 is 0 Å². The molecule has 5 nitrogen and oxygen atoms in total. The van der Waals surface area contributed by atoms with Gasteiger partial charge >= 0.3 is 0 Å². The summed E-state index contributed by atoms with van der Waals surface area (Å²) < 4.78 is 19.0. The van der Waals surface area contributed by atoms with Crippen LogP contribution < -0.4 is 15.4 Å². The zero-order chi connectivity index (χ0) is 18.9. The molecule has 0 saturated heterocycles. The molecule has 0 aliphatic heterocycles. The van der Waals surface area contributed by atoms with Gasteiger partial charge in [-0.3, -0.25) is 9.59 Å². The van der Waals surface area contributed by atoms with Crippen molar-refractivity contribution in [2.75, 3.05) is 18.5 Å². The fourth-order valence-electron chi connectivity index (χ4n) is 2.24. The first kappa shape index (κ1) is 19.4. The van der Waals surface area contributed by atoms with Gasteiger partial charge in [0.2, 0.25) is 0 Å². The van der Waals surface area contributed by atoms with E-state index in [9.17, 15) is 14.0 Å². The van der Waals surface area contributed by atoms with Gasteiger partial charge < -0.3 is 15.4 Å². The Morgan fingerprint density at radius 1 is 1.08 bits per heavy atom. The van der Waals surface area contributed by atoms with E-state index in [1.807, 2.05) is 0 Å². The number of halogens is 1. The minimum Gasteiger partial charge on any atom is -0.483 e. The van der Waals surface area contributed by atoms with Gasteiger partial charge in [-0.05, 0) is 36.6 Å². The summed E-state index contributed by atoms with van der Waals surface area (Å²) in [6, 6.07) is 12.6. The van der Waals surface area contributed by atoms with Crippen LogP contribution in [-0.2, 0) is 4.79 Å².